The second-order valence-corrected chi connectivity index (χ2v) is 7.08. The molecule has 8 nitrogen and oxygen atoms in total. The zero-order valence-corrected chi connectivity index (χ0v) is 16.8. The average molecular weight is 422 g/mol. The lowest BCUT2D eigenvalue weighted by Gasteiger charge is -2.05. The Bertz CT molecular complexity index is 1490. The Hall–Kier alpha value is -4.72. The van der Waals surface area contributed by atoms with E-state index in [-0.39, 0.29) is 17.1 Å². The molecule has 0 bridgehead atoms. The van der Waals surface area contributed by atoms with Gasteiger partial charge in [0.05, 0.1) is 17.2 Å². The van der Waals surface area contributed by atoms with Gasteiger partial charge in [-0.1, -0.05) is 42.5 Å². The molecule has 0 aliphatic heterocycles. The number of carbonyl (C=O) groups is 1. The molecule has 4 N–H and O–H groups in total. The number of para-hydroxylation sites is 4. The summed E-state index contributed by atoms with van der Waals surface area (Å²) in [7, 11) is 0. The van der Waals surface area contributed by atoms with E-state index < -0.39 is 5.91 Å². The van der Waals surface area contributed by atoms with Gasteiger partial charge < -0.3 is 16.2 Å². The van der Waals surface area contributed by atoms with Crippen LogP contribution in [0.15, 0.2) is 84.0 Å². The van der Waals surface area contributed by atoms with Gasteiger partial charge in [-0.15, -0.1) is 0 Å². The third-order valence-electron chi connectivity index (χ3n) is 4.98. The van der Waals surface area contributed by atoms with Crippen LogP contribution in [0.25, 0.3) is 22.2 Å². The molecule has 0 fully saturated rings. The highest BCUT2D eigenvalue weighted by molar-refractivity contribution is 6.16. The summed E-state index contributed by atoms with van der Waals surface area (Å²) in [6, 6.07) is 23.2. The van der Waals surface area contributed by atoms with Crippen molar-refractivity contribution in [2.24, 2.45) is 5.10 Å². The fourth-order valence-electron chi connectivity index (χ4n) is 3.42. The summed E-state index contributed by atoms with van der Waals surface area (Å²) in [6.07, 6.45) is 1.46. The Morgan fingerprint density at radius 1 is 0.938 bits per heavy atom. The predicted octanol–water partition coefficient (Wildman–Crippen LogP) is 4.01. The summed E-state index contributed by atoms with van der Waals surface area (Å²) >= 11 is 0. The normalized spacial score (nSPS) is 11.4. The van der Waals surface area contributed by atoms with E-state index in [1.807, 2.05) is 42.5 Å². The number of aromatic nitrogens is 3. The maximum absolute atomic E-state index is 13.2. The van der Waals surface area contributed by atoms with E-state index in [0.29, 0.717) is 33.4 Å². The number of nitrogens with two attached hydrogens (primary N) is 1. The molecular formula is C24H18N6O2. The van der Waals surface area contributed by atoms with E-state index in [1.165, 1.54) is 10.9 Å². The molecule has 0 unspecified atom stereocenters. The lowest BCUT2D eigenvalue weighted by molar-refractivity contribution is 0.102. The quantitative estimate of drug-likeness (QED) is 0.378. The lowest BCUT2D eigenvalue weighted by atomic mass is 10.2. The maximum Gasteiger partial charge on any atom is 0.261 e. The van der Waals surface area contributed by atoms with Gasteiger partial charge in [0.25, 0.3) is 5.91 Å². The van der Waals surface area contributed by atoms with Crippen LogP contribution in [0, 0.1) is 0 Å². The first kappa shape index (κ1) is 19.3. The van der Waals surface area contributed by atoms with E-state index in [0.717, 1.165) is 0 Å². The van der Waals surface area contributed by atoms with Gasteiger partial charge in [0.2, 0.25) is 0 Å². The summed E-state index contributed by atoms with van der Waals surface area (Å²) in [5.74, 6) is -0.250. The molecular weight excluding hydrogens is 404 g/mol. The summed E-state index contributed by atoms with van der Waals surface area (Å²) in [5, 5.41) is 17.3. The Balaban J connectivity index is 1.69. The molecule has 0 atom stereocenters. The van der Waals surface area contributed by atoms with Crippen LogP contribution in [0.4, 0.5) is 11.5 Å². The van der Waals surface area contributed by atoms with E-state index in [2.05, 4.69) is 20.4 Å². The van der Waals surface area contributed by atoms with E-state index in [1.54, 1.807) is 36.4 Å². The van der Waals surface area contributed by atoms with Gasteiger partial charge in [-0.05, 0) is 36.4 Å². The van der Waals surface area contributed by atoms with Crippen molar-refractivity contribution in [1.29, 1.82) is 0 Å². The molecule has 5 aromatic rings. The third kappa shape index (κ3) is 3.39. The van der Waals surface area contributed by atoms with E-state index >= 15 is 0 Å². The van der Waals surface area contributed by atoms with Gasteiger partial charge in [-0.2, -0.15) is 9.78 Å². The second kappa shape index (κ2) is 7.84. The number of anilines is 2. The smallest absolute Gasteiger partial charge is 0.261 e. The number of nitrogen functional groups attached to an aromatic ring is 1. The van der Waals surface area contributed by atoms with Crippen molar-refractivity contribution < 1.29 is 9.90 Å². The molecule has 8 heteroatoms. The number of carbonyl (C=O) groups excluding carboxylic acids is 1. The first-order chi connectivity index (χ1) is 15.6. The molecule has 156 valence electrons. The Morgan fingerprint density at radius 2 is 1.59 bits per heavy atom. The van der Waals surface area contributed by atoms with Gasteiger partial charge in [-0.3, -0.25) is 4.79 Å². The number of phenols is 1. The molecule has 0 saturated heterocycles. The molecule has 2 heterocycles. The van der Waals surface area contributed by atoms with Gasteiger partial charge in [0.1, 0.15) is 22.6 Å². The number of aromatic hydroxyl groups is 1. The van der Waals surface area contributed by atoms with Gasteiger partial charge >= 0.3 is 0 Å². The van der Waals surface area contributed by atoms with Crippen molar-refractivity contribution in [3.8, 4) is 5.75 Å². The lowest BCUT2D eigenvalue weighted by Crippen LogP contribution is -2.14. The average Bonchev–Trinajstić information content (AvgIpc) is 3.08. The van der Waals surface area contributed by atoms with Crippen molar-refractivity contribution in [2.45, 2.75) is 0 Å². The van der Waals surface area contributed by atoms with Crippen molar-refractivity contribution in [1.82, 2.24) is 14.6 Å². The van der Waals surface area contributed by atoms with Crippen LogP contribution in [0.2, 0.25) is 0 Å². The number of hydrogen-bond acceptors (Lipinski definition) is 6. The van der Waals surface area contributed by atoms with E-state index in [9.17, 15) is 9.90 Å². The van der Waals surface area contributed by atoms with Crippen LogP contribution in [0.3, 0.4) is 0 Å². The molecule has 5 rings (SSSR count). The monoisotopic (exact) mass is 422 g/mol. The number of benzene rings is 3. The molecule has 3 aromatic carbocycles. The summed E-state index contributed by atoms with van der Waals surface area (Å²) in [4.78, 5) is 22.5. The maximum atomic E-state index is 13.2. The van der Waals surface area contributed by atoms with Crippen LogP contribution >= 0.6 is 0 Å². The highest BCUT2D eigenvalue weighted by Gasteiger charge is 2.24. The molecule has 0 aliphatic rings. The highest BCUT2D eigenvalue weighted by atomic mass is 16.3. The number of nitrogens with zero attached hydrogens (tertiary/aromatic N) is 4. The largest absolute Gasteiger partial charge is 0.507 e. The molecule has 2 aromatic heterocycles. The highest BCUT2D eigenvalue weighted by Crippen LogP contribution is 2.29. The van der Waals surface area contributed by atoms with Crippen molar-refractivity contribution in [3.63, 3.8) is 0 Å². The molecule has 32 heavy (non-hydrogen) atoms. The van der Waals surface area contributed by atoms with Crippen LogP contribution in [0.1, 0.15) is 15.9 Å². The summed E-state index contributed by atoms with van der Waals surface area (Å²) in [6.45, 7) is 0. The molecule has 0 spiro atoms. The molecule has 0 radical (unpaired) electrons. The second-order valence-electron chi connectivity index (χ2n) is 7.08. The minimum absolute atomic E-state index is 0.0739. The topological polar surface area (TPSA) is 118 Å². The third-order valence-corrected chi connectivity index (χ3v) is 4.98. The minimum atomic E-state index is -0.417. The Morgan fingerprint density at radius 3 is 2.34 bits per heavy atom. The van der Waals surface area contributed by atoms with Crippen LogP contribution in [0.5, 0.6) is 5.75 Å². The number of rotatable bonds is 4. The van der Waals surface area contributed by atoms with Gasteiger partial charge in [0.15, 0.2) is 5.65 Å². The van der Waals surface area contributed by atoms with Gasteiger partial charge in [-0.25, -0.2) is 9.97 Å². The zero-order valence-electron chi connectivity index (χ0n) is 16.8. The van der Waals surface area contributed by atoms with Crippen molar-refractivity contribution in [2.75, 3.05) is 11.1 Å². The summed E-state index contributed by atoms with van der Waals surface area (Å²) < 4.78 is 1.36. The standard InChI is InChI=1S/C24H18N6O2/c25-22-20(24(32)27-16-9-2-1-3-10-16)21-23(29-18-12-6-5-11-17(18)28-21)30(22)26-14-15-8-4-7-13-19(15)31/h1-14,31H,25H2,(H,27,32)/b26-14-. The van der Waals surface area contributed by atoms with Crippen molar-refractivity contribution >= 4 is 45.8 Å². The van der Waals surface area contributed by atoms with Gasteiger partial charge in [0, 0.05) is 11.3 Å². The Kier molecular flexibility index (Phi) is 4.72. The fraction of sp³-hybridized carbons (Fsp3) is 0. The number of fused-ring (bicyclic) bond motifs is 2. The zero-order chi connectivity index (χ0) is 22.1. The number of phenolic OH excluding ortho intramolecular Hbond substituents is 1. The Labute approximate surface area is 182 Å². The van der Waals surface area contributed by atoms with Crippen LogP contribution < -0.4 is 11.1 Å². The van der Waals surface area contributed by atoms with E-state index in [4.69, 9.17) is 5.73 Å². The first-order valence-corrected chi connectivity index (χ1v) is 9.87. The summed E-state index contributed by atoms with van der Waals surface area (Å²) in [5.41, 5.74) is 9.64. The van der Waals surface area contributed by atoms with Crippen molar-refractivity contribution in [3.05, 3.63) is 90.0 Å². The number of amides is 1. The molecule has 1 amide bonds. The minimum Gasteiger partial charge on any atom is -0.507 e. The van der Waals surface area contributed by atoms with Crippen LogP contribution in [-0.4, -0.2) is 31.9 Å². The molecule has 0 saturated carbocycles. The fourth-order valence-corrected chi connectivity index (χ4v) is 3.42. The number of nitrogens with one attached hydrogen (secondary N) is 1. The predicted molar refractivity (Wildman–Crippen MR) is 125 cm³/mol. The SMILES string of the molecule is Nc1c(C(=O)Nc2ccccc2)c2nc3ccccc3nc2n1/N=C\c1ccccc1O. The number of hydrogen-bond donors (Lipinski definition) is 3. The first-order valence-electron chi connectivity index (χ1n) is 9.87. The van der Waals surface area contributed by atoms with Crippen LogP contribution in [-0.2, 0) is 0 Å². The molecule has 0 aliphatic carbocycles.